The minimum absolute atomic E-state index is 0.0411. The van der Waals surface area contributed by atoms with Crippen LogP contribution in [0.15, 0.2) is 59.8 Å². The number of methoxy groups -OCH3 is 1. The van der Waals surface area contributed by atoms with Crippen LogP contribution in [-0.4, -0.2) is 37.0 Å². The van der Waals surface area contributed by atoms with Crippen molar-refractivity contribution in [2.45, 2.75) is 37.2 Å². The Hall–Kier alpha value is -3.17. The van der Waals surface area contributed by atoms with Gasteiger partial charge in [0, 0.05) is 36.2 Å². The van der Waals surface area contributed by atoms with Crippen molar-refractivity contribution in [3.8, 4) is 5.75 Å². The van der Waals surface area contributed by atoms with Crippen LogP contribution in [0.4, 0.5) is 5.69 Å². The number of imidazole rings is 1. The van der Waals surface area contributed by atoms with Crippen LogP contribution in [-0.2, 0) is 16.6 Å². The zero-order valence-electron chi connectivity index (χ0n) is 17.3. The highest BCUT2D eigenvalue weighted by atomic mass is 32.2. The highest BCUT2D eigenvalue weighted by Gasteiger charge is 2.30. The lowest BCUT2D eigenvalue weighted by Gasteiger charge is -2.12. The molecule has 2 N–H and O–H groups in total. The lowest BCUT2D eigenvalue weighted by molar-refractivity contribution is 0.102. The van der Waals surface area contributed by atoms with Crippen LogP contribution in [0.25, 0.3) is 0 Å². The minimum Gasteiger partial charge on any atom is -0.495 e. The number of ether oxygens (including phenoxy) is 1. The van der Waals surface area contributed by atoms with Crippen LogP contribution in [0.1, 0.15) is 34.6 Å². The number of hydrogen-bond donors (Lipinski definition) is 2. The molecule has 1 amide bonds. The summed E-state index contributed by atoms with van der Waals surface area (Å²) in [7, 11) is -2.36. The number of aryl methyl sites for hydroxylation is 1. The monoisotopic (exact) mass is 440 g/mol. The molecule has 9 heteroatoms. The Balaban J connectivity index is 1.49. The number of amides is 1. The number of nitrogens with one attached hydrogen (secondary N) is 2. The number of carbonyl (C=O) groups excluding carboxylic acids is 1. The van der Waals surface area contributed by atoms with Gasteiger partial charge in [0.2, 0.25) is 10.0 Å². The molecule has 1 aromatic heterocycles. The van der Waals surface area contributed by atoms with E-state index >= 15 is 0 Å². The van der Waals surface area contributed by atoms with Gasteiger partial charge >= 0.3 is 0 Å². The Morgan fingerprint density at radius 3 is 2.55 bits per heavy atom. The first kappa shape index (κ1) is 21.1. The maximum Gasteiger partial charge on any atom is 0.255 e. The molecular formula is C22H24N4O4S. The molecular weight excluding hydrogens is 416 g/mol. The average Bonchev–Trinajstić information content (AvgIpc) is 3.47. The molecule has 2 aromatic carbocycles. The first-order chi connectivity index (χ1) is 14.9. The summed E-state index contributed by atoms with van der Waals surface area (Å²) < 4.78 is 35.2. The molecule has 162 valence electrons. The third kappa shape index (κ3) is 4.95. The van der Waals surface area contributed by atoms with E-state index in [1.165, 1.54) is 19.2 Å². The maximum atomic E-state index is 12.7. The molecule has 0 unspecified atom stereocenters. The predicted octanol–water partition coefficient (Wildman–Crippen LogP) is 2.94. The normalized spacial score (nSPS) is 13.7. The number of rotatable bonds is 8. The standard InChI is InChI=1S/C22H24N4O4S/c1-15-23-11-12-26(15)14-16-3-6-18(7-4-16)24-22(27)17-5-10-20(30-2)21(13-17)31(28,29)25-19-8-9-19/h3-7,10-13,19,25H,8-9,14H2,1-2H3,(H,24,27). The van der Waals surface area contributed by atoms with E-state index in [0.717, 1.165) is 24.2 Å². The third-order valence-corrected chi connectivity index (χ3v) is 6.64. The second-order valence-corrected chi connectivity index (χ2v) is 9.20. The molecule has 8 nitrogen and oxygen atoms in total. The molecule has 1 fully saturated rings. The van der Waals surface area contributed by atoms with E-state index in [2.05, 4.69) is 15.0 Å². The SMILES string of the molecule is COc1ccc(C(=O)Nc2ccc(Cn3ccnc3C)cc2)cc1S(=O)(=O)NC1CC1. The van der Waals surface area contributed by atoms with Crippen LogP contribution < -0.4 is 14.8 Å². The number of sulfonamides is 1. The number of carbonyl (C=O) groups is 1. The zero-order valence-corrected chi connectivity index (χ0v) is 18.1. The molecule has 0 bridgehead atoms. The van der Waals surface area contributed by atoms with Gasteiger partial charge in [0.05, 0.1) is 7.11 Å². The van der Waals surface area contributed by atoms with E-state index in [1.54, 1.807) is 12.3 Å². The van der Waals surface area contributed by atoms with Gasteiger partial charge in [0.25, 0.3) is 5.91 Å². The fourth-order valence-corrected chi connectivity index (χ4v) is 4.68. The smallest absolute Gasteiger partial charge is 0.255 e. The van der Waals surface area contributed by atoms with Crippen molar-refractivity contribution in [1.82, 2.24) is 14.3 Å². The van der Waals surface area contributed by atoms with Gasteiger partial charge < -0.3 is 14.6 Å². The summed E-state index contributed by atoms with van der Waals surface area (Å²) in [6, 6.07) is 11.8. The van der Waals surface area contributed by atoms with E-state index in [-0.39, 0.29) is 22.3 Å². The van der Waals surface area contributed by atoms with Crippen molar-refractivity contribution < 1.29 is 17.9 Å². The topological polar surface area (TPSA) is 102 Å². The third-order valence-electron chi connectivity index (χ3n) is 5.10. The Morgan fingerprint density at radius 1 is 1.19 bits per heavy atom. The quantitative estimate of drug-likeness (QED) is 0.561. The summed E-state index contributed by atoms with van der Waals surface area (Å²) in [5, 5.41) is 2.81. The summed E-state index contributed by atoms with van der Waals surface area (Å²) in [5.74, 6) is 0.728. The number of aromatic nitrogens is 2. The Labute approximate surface area is 181 Å². The molecule has 0 aliphatic heterocycles. The van der Waals surface area contributed by atoms with Crippen molar-refractivity contribution in [2.75, 3.05) is 12.4 Å². The van der Waals surface area contributed by atoms with Crippen molar-refractivity contribution >= 4 is 21.6 Å². The molecule has 3 aromatic rings. The number of anilines is 1. The second-order valence-electron chi connectivity index (χ2n) is 7.51. The average molecular weight is 441 g/mol. The van der Waals surface area contributed by atoms with Crippen molar-refractivity contribution in [3.63, 3.8) is 0 Å². The maximum absolute atomic E-state index is 12.7. The molecule has 1 aliphatic carbocycles. The van der Waals surface area contributed by atoms with E-state index in [9.17, 15) is 13.2 Å². The van der Waals surface area contributed by atoms with Gasteiger partial charge in [0.1, 0.15) is 16.5 Å². The Morgan fingerprint density at radius 2 is 1.94 bits per heavy atom. The van der Waals surface area contributed by atoms with Gasteiger partial charge in [-0.3, -0.25) is 4.79 Å². The largest absolute Gasteiger partial charge is 0.495 e. The second kappa shape index (κ2) is 8.52. The molecule has 1 saturated carbocycles. The fraction of sp³-hybridized carbons (Fsp3) is 0.273. The molecule has 1 heterocycles. The summed E-state index contributed by atoms with van der Waals surface area (Å²) in [6.07, 6.45) is 5.31. The predicted molar refractivity (Wildman–Crippen MR) is 117 cm³/mol. The summed E-state index contributed by atoms with van der Waals surface area (Å²) in [4.78, 5) is 16.9. The van der Waals surface area contributed by atoms with Gasteiger partial charge in [-0.1, -0.05) is 12.1 Å². The molecule has 1 aliphatic rings. The van der Waals surface area contributed by atoms with E-state index in [4.69, 9.17) is 4.74 Å². The van der Waals surface area contributed by atoms with Gasteiger partial charge in [-0.2, -0.15) is 0 Å². The van der Waals surface area contributed by atoms with Crippen LogP contribution in [0, 0.1) is 6.92 Å². The summed E-state index contributed by atoms with van der Waals surface area (Å²) in [6.45, 7) is 2.63. The highest BCUT2D eigenvalue weighted by molar-refractivity contribution is 7.89. The molecule has 0 saturated heterocycles. The number of benzene rings is 2. The molecule has 0 spiro atoms. The molecule has 0 atom stereocenters. The van der Waals surface area contributed by atoms with E-state index in [0.29, 0.717) is 12.2 Å². The van der Waals surface area contributed by atoms with E-state index in [1.807, 2.05) is 42.0 Å². The number of nitrogens with zero attached hydrogens (tertiary/aromatic N) is 2. The molecule has 0 radical (unpaired) electrons. The van der Waals surface area contributed by atoms with Gasteiger partial charge in [-0.25, -0.2) is 18.1 Å². The lowest BCUT2D eigenvalue weighted by atomic mass is 10.1. The lowest BCUT2D eigenvalue weighted by Crippen LogP contribution is -2.26. The fourth-order valence-electron chi connectivity index (χ4n) is 3.18. The van der Waals surface area contributed by atoms with Gasteiger partial charge in [-0.05, 0) is 55.7 Å². The van der Waals surface area contributed by atoms with E-state index < -0.39 is 15.9 Å². The summed E-state index contributed by atoms with van der Waals surface area (Å²) >= 11 is 0. The summed E-state index contributed by atoms with van der Waals surface area (Å²) in [5.41, 5.74) is 1.92. The first-order valence-electron chi connectivity index (χ1n) is 9.94. The minimum atomic E-state index is -3.77. The first-order valence-corrected chi connectivity index (χ1v) is 11.4. The van der Waals surface area contributed by atoms with Crippen molar-refractivity contribution in [2.24, 2.45) is 0 Å². The highest BCUT2D eigenvalue weighted by Crippen LogP contribution is 2.28. The van der Waals surface area contributed by atoms with Crippen LogP contribution in [0.5, 0.6) is 5.75 Å². The van der Waals surface area contributed by atoms with Gasteiger partial charge in [0.15, 0.2) is 0 Å². The van der Waals surface area contributed by atoms with Crippen LogP contribution >= 0.6 is 0 Å². The van der Waals surface area contributed by atoms with Crippen molar-refractivity contribution in [1.29, 1.82) is 0 Å². The van der Waals surface area contributed by atoms with Crippen LogP contribution in [0.2, 0.25) is 0 Å². The van der Waals surface area contributed by atoms with Crippen molar-refractivity contribution in [3.05, 3.63) is 71.8 Å². The zero-order chi connectivity index (χ0) is 22.0. The van der Waals surface area contributed by atoms with Crippen LogP contribution in [0.3, 0.4) is 0 Å². The molecule has 4 rings (SSSR count). The Bertz CT molecular complexity index is 1200. The Kier molecular flexibility index (Phi) is 5.79. The van der Waals surface area contributed by atoms with Gasteiger partial charge in [-0.15, -0.1) is 0 Å². The number of hydrogen-bond acceptors (Lipinski definition) is 5. The molecule has 31 heavy (non-hydrogen) atoms.